The Labute approximate surface area is 134 Å². The second-order valence-corrected chi connectivity index (χ2v) is 5.01. The molecule has 0 radical (unpaired) electrons. The van der Waals surface area contributed by atoms with Gasteiger partial charge in [0.2, 0.25) is 0 Å². The molecule has 2 aromatic rings. The molecule has 3 amide bonds. The van der Waals surface area contributed by atoms with Crippen LogP contribution < -0.4 is 11.1 Å². The third kappa shape index (κ3) is 4.82. The number of nitrogens with zero attached hydrogens (tertiary/aromatic N) is 1. The summed E-state index contributed by atoms with van der Waals surface area (Å²) >= 11 is 0. The summed E-state index contributed by atoms with van der Waals surface area (Å²) in [6.45, 7) is 0.493. The van der Waals surface area contributed by atoms with Crippen LogP contribution in [0.25, 0.3) is 0 Å². The van der Waals surface area contributed by atoms with Crippen LogP contribution in [0.15, 0.2) is 54.6 Å². The van der Waals surface area contributed by atoms with Gasteiger partial charge in [0.15, 0.2) is 0 Å². The number of hydrogen-bond acceptors (Lipinski definition) is 3. The van der Waals surface area contributed by atoms with Crippen LogP contribution >= 0.6 is 0 Å². The summed E-state index contributed by atoms with van der Waals surface area (Å²) < 4.78 is 0. The van der Waals surface area contributed by atoms with E-state index in [0.29, 0.717) is 17.8 Å². The van der Waals surface area contributed by atoms with Crippen molar-refractivity contribution in [2.24, 2.45) is 5.73 Å². The van der Waals surface area contributed by atoms with Crippen molar-refractivity contribution >= 4 is 17.6 Å². The molecule has 0 aliphatic heterocycles. The molecule has 0 heterocycles. The fourth-order valence-corrected chi connectivity index (χ4v) is 2.23. The number of hydrogen-bond donors (Lipinski definition) is 3. The monoisotopic (exact) mass is 313 g/mol. The molecule has 2 rings (SSSR count). The second-order valence-electron chi connectivity index (χ2n) is 5.01. The molecule has 0 spiro atoms. The molecule has 4 N–H and O–H groups in total. The molecular weight excluding hydrogens is 294 g/mol. The number of urea groups is 1. The number of primary amides is 1. The second kappa shape index (κ2) is 7.95. The number of aliphatic hydroxyl groups excluding tert-OH is 1. The van der Waals surface area contributed by atoms with Crippen LogP contribution in [0.1, 0.15) is 15.9 Å². The lowest BCUT2D eigenvalue weighted by molar-refractivity contribution is 0.0708. The third-order valence-corrected chi connectivity index (χ3v) is 3.25. The minimum absolute atomic E-state index is 0.127. The predicted octanol–water partition coefficient (Wildman–Crippen LogP) is 1.81. The molecule has 23 heavy (non-hydrogen) atoms. The number of carbonyl (C=O) groups is 2. The van der Waals surface area contributed by atoms with Gasteiger partial charge in [0, 0.05) is 24.3 Å². The van der Waals surface area contributed by atoms with Gasteiger partial charge in [-0.05, 0) is 23.8 Å². The fraction of sp³-hybridized carbons (Fsp3) is 0.176. The molecule has 0 saturated heterocycles. The number of nitrogens with two attached hydrogens (primary N) is 1. The van der Waals surface area contributed by atoms with Crippen LogP contribution in [0.5, 0.6) is 0 Å². The molecule has 120 valence electrons. The molecule has 0 aromatic heterocycles. The molecule has 6 heteroatoms. The van der Waals surface area contributed by atoms with Crippen molar-refractivity contribution in [3.8, 4) is 0 Å². The van der Waals surface area contributed by atoms with Gasteiger partial charge in [-0.15, -0.1) is 0 Å². The highest BCUT2D eigenvalue weighted by Gasteiger charge is 2.16. The van der Waals surface area contributed by atoms with Crippen molar-refractivity contribution in [3.05, 3.63) is 65.7 Å². The Morgan fingerprint density at radius 3 is 2.48 bits per heavy atom. The number of rotatable bonds is 6. The normalized spacial score (nSPS) is 10.1. The van der Waals surface area contributed by atoms with E-state index < -0.39 is 6.03 Å². The molecule has 0 saturated carbocycles. The maximum Gasteiger partial charge on any atom is 0.316 e. The Morgan fingerprint density at radius 2 is 1.83 bits per heavy atom. The maximum absolute atomic E-state index is 12.6. The van der Waals surface area contributed by atoms with Gasteiger partial charge in [-0.1, -0.05) is 36.4 Å². The number of carbonyl (C=O) groups excluding carboxylic acids is 2. The Kier molecular flexibility index (Phi) is 5.71. The molecule has 0 aliphatic rings. The van der Waals surface area contributed by atoms with Gasteiger partial charge in [-0.25, -0.2) is 4.79 Å². The van der Waals surface area contributed by atoms with Gasteiger partial charge >= 0.3 is 6.03 Å². The quantitative estimate of drug-likeness (QED) is 0.759. The standard InChI is InChI=1S/C17H19N3O3/c18-17(23)19-15-8-4-7-14(11-15)16(22)20(9-10-21)12-13-5-2-1-3-6-13/h1-8,11,21H,9-10,12H2,(H3,18,19,23). The van der Waals surface area contributed by atoms with Gasteiger partial charge < -0.3 is 21.1 Å². The first-order chi connectivity index (χ1) is 11.1. The summed E-state index contributed by atoms with van der Waals surface area (Å²) in [5.74, 6) is -0.226. The van der Waals surface area contributed by atoms with Gasteiger partial charge in [0.1, 0.15) is 0 Å². The third-order valence-electron chi connectivity index (χ3n) is 3.25. The van der Waals surface area contributed by atoms with E-state index >= 15 is 0 Å². The zero-order valence-electron chi connectivity index (χ0n) is 12.6. The Morgan fingerprint density at radius 1 is 1.09 bits per heavy atom. The number of amides is 3. The highest BCUT2D eigenvalue weighted by Crippen LogP contribution is 2.14. The average molecular weight is 313 g/mol. The van der Waals surface area contributed by atoms with Crippen LogP contribution in [0, 0.1) is 0 Å². The average Bonchev–Trinajstić information content (AvgIpc) is 2.54. The molecule has 0 aliphatic carbocycles. The molecule has 0 bridgehead atoms. The lowest BCUT2D eigenvalue weighted by Crippen LogP contribution is -2.33. The van der Waals surface area contributed by atoms with Gasteiger partial charge in [-0.2, -0.15) is 0 Å². The summed E-state index contributed by atoms with van der Waals surface area (Å²) in [7, 11) is 0. The SMILES string of the molecule is NC(=O)Nc1cccc(C(=O)N(CCO)Cc2ccccc2)c1. The molecule has 6 nitrogen and oxygen atoms in total. The smallest absolute Gasteiger partial charge is 0.316 e. The molecule has 0 atom stereocenters. The number of benzene rings is 2. The van der Waals surface area contributed by atoms with Crippen LogP contribution in [0.4, 0.5) is 10.5 Å². The summed E-state index contributed by atoms with van der Waals surface area (Å²) in [5, 5.41) is 11.7. The summed E-state index contributed by atoms with van der Waals surface area (Å²) in [6.07, 6.45) is 0. The van der Waals surface area contributed by atoms with E-state index in [4.69, 9.17) is 5.73 Å². The highest BCUT2D eigenvalue weighted by atomic mass is 16.3. The Hall–Kier alpha value is -2.86. The number of anilines is 1. The fourth-order valence-electron chi connectivity index (χ4n) is 2.23. The summed E-state index contributed by atoms with van der Waals surface area (Å²) in [4.78, 5) is 25.1. The summed E-state index contributed by atoms with van der Waals surface area (Å²) in [6, 6.07) is 15.4. The molecule has 0 unspecified atom stereocenters. The van der Waals surface area contributed by atoms with E-state index in [2.05, 4.69) is 5.32 Å². The van der Waals surface area contributed by atoms with Crippen LogP contribution in [0.2, 0.25) is 0 Å². The first kappa shape index (κ1) is 16.5. The van der Waals surface area contributed by atoms with Crippen LogP contribution in [-0.4, -0.2) is 35.1 Å². The van der Waals surface area contributed by atoms with E-state index in [1.807, 2.05) is 30.3 Å². The molecule has 2 aromatic carbocycles. The predicted molar refractivity (Wildman–Crippen MR) is 87.9 cm³/mol. The van der Waals surface area contributed by atoms with E-state index in [1.165, 1.54) is 0 Å². The largest absolute Gasteiger partial charge is 0.395 e. The zero-order chi connectivity index (χ0) is 16.7. The van der Waals surface area contributed by atoms with Crippen molar-refractivity contribution < 1.29 is 14.7 Å². The van der Waals surface area contributed by atoms with E-state index in [1.54, 1.807) is 29.2 Å². The molecule has 0 fully saturated rings. The van der Waals surface area contributed by atoms with Gasteiger partial charge in [-0.3, -0.25) is 4.79 Å². The van der Waals surface area contributed by atoms with Crippen molar-refractivity contribution in [3.63, 3.8) is 0 Å². The Balaban J connectivity index is 2.18. The minimum atomic E-state index is -0.689. The minimum Gasteiger partial charge on any atom is -0.395 e. The van der Waals surface area contributed by atoms with Crippen molar-refractivity contribution in [2.75, 3.05) is 18.5 Å². The zero-order valence-corrected chi connectivity index (χ0v) is 12.6. The lowest BCUT2D eigenvalue weighted by atomic mass is 10.1. The summed E-state index contributed by atoms with van der Waals surface area (Å²) in [5.41, 5.74) is 6.92. The van der Waals surface area contributed by atoms with Gasteiger partial charge in [0.25, 0.3) is 5.91 Å². The van der Waals surface area contributed by atoms with Crippen molar-refractivity contribution in [2.45, 2.75) is 6.54 Å². The maximum atomic E-state index is 12.6. The van der Waals surface area contributed by atoms with Gasteiger partial charge in [0.05, 0.1) is 6.61 Å². The first-order valence-electron chi connectivity index (χ1n) is 7.20. The topological polar surface area (TPSA) is 95.7 Å². The molecular formula is C17H19N3O3. The van der Waals surface area contributed by atoms with E-state index in [0.717, 1.165) is 5.56 Å². The number of nitrogens with one attached hydrogen (secondary N) is 1. The Bertz CT molecular complexity index is 674. The highest BCUT2D eigenvalue weighted by molar-refractivity contribution is 5.96. The van der Waals surface area contributed by atoms with Crippen molar-refractivity contribution in [1.82, 2.24) is 4.90 Å². The van der Waals surface area contributed by atoms with Crippen molar-refractivity contribution in [1.29, 1.82) is 0 Å². The first-order valence-corrected chi connectivity index (χ1v) is 7.20. The lowest BCUT2D eigenvalue weighted by Gasteiger charge is -2.22. The van der Waals surface area contributed by atoms with E-state index in [9.17, 15) is 14.7 Å². The van der Waals surface area contributed by atoms with E-state index in [-0.39, 0.29) is 19.1 Å². The number of aliphatic hydroxyl groups is 1. The van der Waals surface area contributed by atoms with Crippen LogP contribution in [0.3, 0.4) is 0 Å². The van der Waals surface area contributed by atoms with Crippen LogP contribution in [-0.2, 0) is 6.54 Å².